The molecule has 0 spiro atoms. The van der Waals surface area contributed by atoms with Crippen molar-refractivity contribution in [3.63, 3.8) is 0 Å². The van der Waals surface area contributed by atoms with Gasteiger partial charge in [0.25, 0.3) is 0 Å². The van der Waals surface area contributed by atoms with Gasteiger partial charge in [-0.1, -0.05) is 49.2 Å². The monoisotopic (exact) mass is 220 g/mol. The van der Waals surface area contributed by atoms with Crippen LogP contribution in [0.15, 0.2) is 36.4 Å². The zero-order valence-corrected chi connectivity index (χ0v) is 9.68. The number of epoxide rings is 1. The van der Waals surface area contributed by atoms with E-state index in [-0.39, 0.29) is 0 Å². The molecule has 0 bridgehead atoms. The van der Waals surface area contributed by atoms with Crippen LogP contribution in [0.2, 0.25) is 0 Å². The lowest BCUT2D eigenvalue weighted by Crippen LogP contribution is -2.11. The molecule has 1 saturated carbocycles. The van der Waals surface area contributed by atoms with Crippen LogP contribution in [0.5, 0.6) is 0 Å². The van der Waals surface area contributed by atoms with Gasteiger partial charge in [0.2, 0.25) is 0 Å². The molecular weight excluding hydrogens is 200 g/mol. The lowest BCUT2D eigenvalue weighted by molar-refractivity contribution is 0.0475. The summed E-state index contributed by atoms with van der Waals surface area (Å²) < 4.78 is 10.6. The third-order valence-corrected chi connectivity index (χ3v) is 2.89. The second-order valence-corrected chi connectivity index (χ2v) is 4.35. The summed E-state index contributed by atoms with van der Waals surface area (Å²) in [6.07, 6.45) is 6.26. The van der Waals surface area contributed by atoms with E-state index in [1.54, 1.807) is 0 Å². The Balaban J connectivity index is 0.000000138. The summed E-state index contributed by atoms with van der Waals surface area (Å²) in [5, 5.41) is 0. The van der Waals surface area contributed by atoms with Gasteiger partial charge in [-0.3, -0.25) is 0 Å². The van der Waals surface area contributed by atoms with Gasteiger partial charge in [0.05, 0.1) is 19.3 Å². The van der Waals surface area contributed by atoms with Crippen LogP contribution in [-0.4, -0.2) is 25.4 Å². The molecule has 16 heavy (non-hydrogen) atoms. The Morgan fingerprint density at radius 1 is 0.938 bits per heavy atom. The second kappa shape index (κ2) is 6.66. The molecule has 1 aromatic rings. The molecule has 2 aliphatic rings. The topological polar surface area (TPSA) is 21.8 Å². The summed E-state index contributed by atoms with van der Waals surface area (Å²) >= 11 is 0. The van der Waals surface area contributed by atoms with Crippen LogP contribution < -0.4 is 0 Å². The average Bonchev–Trinajstić information content (AvgIpc) is 3.05. The molecule has 2 fully saturated rings. The van der Waals surface area contributed by atoms with E-state index in [9.17, 15) is 0 Å². The fourth-order valence-electron chi connectivity index (χ4n) is 1.85. The van der Waals surface area contributed by atoms with Gasteiger partial charge in [0.15, 0.2) is 0 Å². The minimum absolute atomic E-state index is 0.445. The smallest absolute Gasteiger partial charge is 0.104 e. The molecule has 0 aromatic heterocycles. The maximum atomic E-state index is 5.60. The van der Waals surface area contributed by atoms with E-state index in [1.165, 1.54) is 25.7 Å². The maximum absolute atomic E-state index is 5.60. The summed E-state index contributed by atoms with van der Waals surface area (Å²) in [7, 11) is 0. The molecule has 1 unspecified atom stereocenters. The first-order chi connectivity index (χ1) is 7.95. The van der Waals surface area contributed by atoms with Crippen molar-refractivity contribution in [3.8, 4) is 0 Å². The summed E-state index contributed by atoms with van der Waals surface area (Å²) in [5.41, 5.74) is 0. The highest BCUT2D eigenvalue weighted by atomic mass is 16.6. The number of ether oxygens (including phenoxy) is 2. The molecule has 1 aromatic carbocycles. The Hall–Kier alpha value is -0.860. The minimum atomic E-state index is 0.445. The molecular formula is C14H20O2. The third kappa shape index (κ3) is 4.77. The van der Waals surface area contributed by atoms with Crippen molar-refractivity contribution in [2.45, 2.75) is 37.9 Å². The van der Waals surface area contributed by atoms with E-state index in [1.807, 2.05) is 36.4 Å². The SMILES string of the molecule is C1CCC(OCC2CO2)C1.c1ccccc1. The van der Waals surface area contributed by atoms with Crippen LogP contribution in [0, 0.1) is 0 Å². The lowest BCUT2D eigenvalue weighted by Gasteiger charge is -2.08. The zero-order valence-electron chi connectivity index (χ0n) is 9.68. The second-order valence-electron chi connectivity index (χ2n) is 4.35. The van der Waals surface area contributed by atoms with E-state index < -0.39 is 0 Å². The molecule has 0 amide bonds. The molecule has 1 aliphatic heterocycles. The van der Waals surface area contributed by atoms with E-state index in [4.69, 9.17) is 9.47 Å². The molecule has 88 valence electrons. The molecule has 1 aliphatic carbocycles. The van der Waals surface area contributed by atoms with Crippen molar-refractivity contribution in [1.82, 2.24) is 0 Å². The minimum Gasteiger partial charge on any atom is -0.375 e. The van der Waals surface area contributed by atoms with Gasteiger partial charge in [0, 0.05) is 0 Å². The number of benzene rings is 1. The first-order valence-corrected chi connectivity index (χ1v) is 6.18. The van der Waals surface area contributed by atoms with Gasteiger partial charge in [0.1, 0.15) is 6.10 Å². The van der Waals surface area contributed by atoms with E-state index in [0.717, 1.165) is 13.2 Å². The van der Waals surface area contributed by atoms with Crippen molar-refractivity contribution in [3.05, 3.63) is 36.4 Å². The molecule has 1 saturated heterocycles. The highest BCUT2D eigenvalue weighted by Gasteiger charge is 2.25. The normalized spacial score (nSPS) is 23.6. The van der Waals surface area contributed by atoms with Gasteiger partial charge in [-0.2, -0.15) is 0 Å². The van der Waals surface area contributed by atoms with Crippen molar-refractivity contribution in [1.29, 1.82) is 0 Å². The Morgan fingerprint density at radius 2 is 1.44 bits per heavy atom. The van der Waals surface area contributed by atoms with Crippen molar-refractivity contribution >= 4 is 0 Å². The molecule has 1 atom stereocenters. The van der Waals surface area contributed by atoms with Gasteiger partial charge < -0.3 is 9.47 Å². The molecule has 2 heteroatoms. The van der Waals surface area contributed by atoms with Crippen LogP contribution in [0.1, 0.15) is 25.7 Å². The van der Waals surface area contributed by atoms with Crippen LogP contribution in [0.4, 0.5) is 0 Å². The summed E-state index contributed by atoms with van der Waals surface area (Å²) in [6.45, 7) is 1.76. The van der Waals surface area contributed by atoms with E-state index in [0.29, 0.717) is 12.2 Å². The standard InChI is InChI=1S/C8H14O2.C6H6/c1-2-4-7(3-1)9-5-8-6-10-8;1-2-4-6-5-3-1/h7-8H,1-6H2;1-6H. The number of rotatable bonds is 3. The van der Waals surface area contributed by atoms with Gasteiger partial charge in [-0.15, -0.1) is 0 Å². The fraction of sp³-hybridized carbons (Fsp3) is 0.571. The Bertz CT molecular complexity index is 237. The summed E-state index contributed by atoms with van der Waals surface area (Å²) in [6, 6.07) is 12.0. The zero-order chi connectivity index (χ0) is 11.1. The van der Waals surface area contributed by atoms with E-state index in [2.05, 4.69) is 0 Å². The number of hydrogen-bond acceptors (Lipinski definition) is 2. The molecule has 3 rings (SSSR count). The Morgan fingerprint density at radius 3 is 1.88 bits per heavy atom. The van der Waals surface area contributed by atoms with Gasteiger partial charge >= 0.3 is 0 Å². The predicted molar refractivity (Wildman–Crippen MR) is 64.4 cm³/mol. The van der Waals surface area contributed by atoms with Crippen LogP contribution >= 0.6 is 0 Å². The summed E-state index contributed by atoms with van der Waals surface area (Å²) in [5.74, 6) is 0. The van der Waals surface area contributed by atoms with Crippen LogP contribution in [0.3, 0.4) is 0 Å². The van der Waals surface area contributed by atoms with Gasteiger partial charge in [-0.05, 0) is 12.8 Å². The Kier molecular flexibility index (Phi) is 4.84. The third-order valence-electron chi connectivity index (χ3n) is 2.89. The van der Waals surface area contributed by atoms with Crippen molar-refractivity contribution in [2.75, 3.05) is 13.2 Å². The van der Waals surface area contributed by atoms with E-state index >= 15 is 0 Å². The van der Waals surface area contributed by atoms with Crippen LogP contribution in [-0.2, 0) is 9.47 Å². The van der Waals surface area contributed by atoms with Crippen molar-refractivity contribution in [2.24, 2.45) is 0 Å². The quantitative estimate of drug-likeness (QED) is 0.730. The predicted octanol–water partition coefficient (Wildman–Crippen LogP) is 3.03. The maximum Gasteiger partial charge on any atom is 0.104 e. The molecule has 0 radical (unpaired) electrons. The molecule has 2 nitrogen and oxygen atoms in total. The van der Waals surface area contributed by atoms with Crippen molar-refractivity contribution < 1.29 is 9.47 Å². The first-order valence-electron chi connectivity index (χ1n) is 6.18. The highest BCUT2D eigenvalue weighted by Crippen LogP contribution is 2.22. The van der Waals surface area contributed by atoms with Crippen LogP contribution in [0.25, 0.3) is 0 Å². The molecule has 0 N–H and O–H groups in total. The lowest BCUT2D eigenvalue weighted by atomic mass is 10.3. The first kappa shape index (κ1) is 11.6. The number of hydrogen-bond donors (Lipinski definition) is 0. The Labute approximate surface area is 97.6 Å². The van der Waals surface area contributed by atoms with Gasteiger partial charge in [-0.25, -0.2) is 0 Å². The average molecular weight is 220 g/mol. The molecule has 1 heterocycles. The summed E-state index contributed by atoms with van der Waals surface area (Å²) in [4.78, 5) is 0. The highest BCUT2D eigenvalue weighted by molar-refractivity contribution is 4.99. The largest absolute Gasteiger partial charge is 0.375 e. The fourth-order valence-corrected chi connectivity index (χ4v) is 1.85.